The SMILES string of the molecule is COC(=O)c1cnc(Cc2cc(C)ccc2C)[nH]1. The fraction of sp³-hybridized carbons (Fsp3) is 0.286. The Labute approximate surface area is 106 Å². The van der Waals surface area contributed by atoms with Gasteiger partial charge in [-0.3, -0.25) is 0 Å². The molecule has 0 aliphatic rings. The van der Waals surface area contributed by atoms with Crippen LogP contribution < -0.4 is 0 Å². The lowest BCUT2D eigenvalue weighted by molar-refractivity contribution is 0.0594. The van der Waals surface area contributed by atoms with Gasteiger partial charge in [-0.25, -0.2) is 9.78 Å². The molecule has 0 fully saturated rings. The van der Waals surface area contributed by atoms with Crippen molar-refractivity contribution in [1.29, 1.82) is 0 Å². The molecule has 0 bridgehead atoms. The molecule has 2 rings (SSSR count). The molecule has 0 atom stereocenters. The Bertz CT molecular complexity index is 573. The van der Waals surface area contributed by atoms with Gasteiger partial charge in [-0.05, 0) is 25.0 Å². The first-order chi connectivity index (χ1) is 8.60. The summed E-state index contributed by atoms with van der Waals surface area (Å²) in [6, 6.07) is 6.31. The second kappa shape index (κ2) is 5.04. The normalized spacial score (nSPS) is 10.4. The van der Waals surface area contributed by atoms with E-state index in [0.29, 0.717) is 12.1 Å². The highest BCUT2D eigenvalue weighted by molar-refractivity contribution is 5.86. The number of aromatic nitrogens is 2. The first-order valence-corrected chi connectivity index (χ1v) is 5.78. The largest absolute Gasteiger partial charge is 0.464 e. The Balaban J connectivity index is 2.21. The van der Waals surface area contributed by atoms with Crippen LogP contribution in [0, 0.1) is 13.8 Å². The second-order valence-electron chi connectivity index (χ2n) is 4.34. The molecular weight excluding hydrogens is 228 g/mol. The Morgan fingerprint density at radius 3 is 2.89 bits per heavy atom. The van der Waals surface area contributed by atoms with Gasteiger partial charge in [0.25, 0.3) is 0 Å². The highest BCUT2D eigenvalue weighted by Crippen LogP contribution is 2.14. The number of hydrogen-bond acceptors (Lipinski definition) is 3. The quantitative estimate of drug-likeness (QED) is 0.843. The minimum Gasteiger partial charge on any atom is -0.464 e. The van der Waals surface area contributed by atoms with Crippen molar-refractivity contribution in [3.8, 4) is 0 Å². The highest BCUT2D eigenvalue weighted by Gasteiger charge is 2.10. The number of carbonyl (C=O) groups is 1. The summed E-state index contributed by atoms with van der Waals surface area (Å²) in [4.78, 5) is 18.5. The predicted molar refractivity (Wildman–Crippen MR) is 68.6 cm³/mol. The van der Waals surface area contributed by atoms with Crippen LogP contribution in [-0.4, -0.2) is 23.0 Å². The molecule has 0 amide bonds. The first kappa shape index (κ1) is 12.4. The van der Waals surface area contributed by atoms with Crippen LogP contribution >= 0.6 is 0 Å². The van der Waals surface area contributed by atoms with Gasteiger partial charge in [0, 0.05) is 6.42 Å². The average Bonchev–Trinajstić information content (AvgIpc) is 2.81. The molecule has 0 saturated heterocycles. The molecule has 1 N–H and O–H groups in total. The number of imidazole rings is 1. The van der Waals surface area contributed by atoms with Crippen LogP contribution in [0.3, 0.4) is 0 Å². The van der Waals surface area contributed by atoms with Gasteiger partial charge in [-0.2, -0.15) is 0 Å². The van der Waals surface area contributed by atoms with Crippen molar-refractivity contribution in [3.05, 3.63) is 52.6 Å². The van der Waals surface area contributed by atoms with E-state index in [0.717, 1.165) is 5.82 Å². The van der Waals surface area contributed by atoms with E-state index in [1.165, 1.54) is 30.0 Å². The number of nitrogens with zero attached hydrogens (tertiary/aromatic N) is 1. The molecule has 4 nitrogen and oxygen atoms in total. The molecule has 0 aliphatic heterocycles. The van der Waals surface area contributed by atoms with E-state index in [1.54, 1.807) is 0 Å². The van der Waals surface area contributed by atoms with E-state index < -0.39 is 5.97 Å². The van der Waals surface area contributed by atoms with E-state index in [9.17, 15) is 4.79 Å². The molecule has 94 valence electrons. The number of rotatable bonds is 3. The number of aryl methyl sites for hydroxylation is 2. The van der Waals surface area contributed by atoms with E-state index in [1.807, 2.05) is 0 Å². The lowest BCUT2D eigenvalue weighted by atomic mass is 10.0. The second-order valence-corrected chi connectivity index (χ2v) is 4.34. The van der Waals surface area contributed by atoms with Crippen LogP contribution in [0.2, 0.25) is 0 Å². The first-order valence-electron chi connectivity index (χ1n) is 5.78. The van der Waals surface area contributed by atoms with Gasteiger partial charge in [0.15, 0.2) is 0 Å². The van der Waals surface area contributed by atoms with Crippen molar-refractivity contribution < 1.29 is 9.53 Å². The zero-order chi connectivity index (χ0) is 13.1. The minimum atomic E-state index is -0.394. The molecule has 0 unspecified atom stereocenters. The number of hydrogen-bond donors (Lipinski definition) is 1. The molecule has 0 radical (unpaired) electrons. The summed E-state index contributed by atoms with van der Waals surface area (Å²) < 4.78 is 4.63. The van der Waals surface area contributed by atoms with Crippen molar-refractivity contribution in [2.24, 2.45) is 0 Å². The predicted octanol–water partition coefficient (Wildman–Crippen LogP) is 2.40. The summed E-state index contributed by atoms with van der Waals surface area (Å²) in [7, 11) is 1.35. The lowest BCUT2D eigenvalue weighted by Crippen LogP contribution is -2.02. The maximum absolute atomic E-state index is 11.3. The van der Waals surface area contributed by atoms with Crippen molar-refractivity contribution in [2.75, 3.05) is 7.11 Å². The summed E-state index contributed by atoms with van der Waals surface area (Å²) in [5.74, 6) is 0.374. The summed E-state index contributed by atoms with van der Waals surface area (Å²) in [5.41, 5.74) is 4.03. The van der Waals surface area contributed by atoms with Crippen molar-refractivity contribution in [3.63, 3.8) is 0 Å². The van der Waals surface area contributed by atoms with E-state index in [2.05, 4.69) is 46.8 Å². The van der Waals surface area contributed by atoms with Gasteiger partial charge >= 0.3 is 5.97 Å². The smallest absolute Gasteiger partial charge is 0.356 e. The molecule has 2 aromatic rings. The number of aromatic amines is 1. The third kappa shape index (κ3) is 2.59. The number of ether oxygens (including phenoxy) is 1. The Hall–Kier alpha value is -2.10. The summed E-state index contributed by atoms with van der Waals surface area (Å²) in [6.45, 7) is 4.13. The van der Waals surface area contributed by atoms with Crippen LogP contribution in [0.4, 0.5) is 0 Å². The van der Waals surface area contributed by atoms with E-state index >= 15 is 0 Å². The van der Waals surface area contributed by atoms with Crippen LogP contribution in [0.15, 0.2) is 24.4 Å². The van der Waals surface area contributed by atoms with Crippen LogP contribution in [-0.2, 0) is 11.2 Å². The monoisotopic (exact) mass is 244 g/mol. The van der Waals surface area contributed by atoms with Gasteiger partial charge in [0.05, 0.1) is 13.3 Å². The fourth-order valence-corrected chi connectivity index (χ4v) is 1.84. The van der Waals surface area contributed by atoms with Crippen LogP contribution in [0.25, 0.3) is 0 Å². The number of benzene rings is 1. The topological polar surface area (TPSA) is 55.0 Å². The molecule has 18 heavy (non-hydrogen) atoms. The molecule has 0 saturated carbocycles. The van der Waals surface area contributed by atoms with Gasteiger partial charge < -0.3 is 9.72 Å². The molecule has 1 heterocycles. The highest BCUT2D eigenvalue weighted by atomic mass is 16.5. The zero-order valence-electron chi connectivity index (χ0n) is 10.8. The maximum Gasteiger partial charge on any atom is 0.356 e. The fourth-order valence-electron chi connectivity index (χ4n) is 1.84. The minimum absolute atomic E-state index is 0.387. The molecule has 1 aromatic heterocycles. The van der Waals surface area contributed by atoms with Crippen LogP contribution in [0.5, 0.6) is 0 Å². The standard InChI is InChI=1S/C14H16N2O2/c1-9-4-5-10(2)11(6-9)7-13-15-8-12(16-13)14(17)18-3/h4-6,8H,7H2,1-3H3,(H,15,16). The zero-order valence-corrected chi connectivity index (χ0v) is 10.8. The number of nitrogens with one attached hydrogen (secondary N) is 1. The third-order valence-electron chi connectivity index (χ3n) is 2.90. The Morgan fingerprint density at radius 1 is 1.39 bits per heavy atom. The van der Waals surface area contributed by atoms with Crippen LogP contribution in [0.1, 0.15) is 33.0 Å². The summed E-state index contributed by atoms with van der Waals surface area (Å²) in [5, 5.41) is 0. The van der Waals surface area contributed by atoms with Gasteiger partial charge in [-0.1, -0.05) is 23.8 Å². The number of carbonyl (C=O) groups excluding carboxylic acids is 1. The third-order valence-corrected chi connectivity index (χ3v) is 2.90. The summed E-state index contributed by atoms with van der Waals surface area (Å²) >= 11 is 0. The number of H-pyrrole nitrogens is 1. The molecule has 1 aromatic carbocycles. The maximum atomic E-state index is 11.3. The van der Waals surface area contributed by atoms with Gasteiger partial charge in [0.2, 0.25) is 0 Å². The van der Waals surface area contributed by atoms with Crippen molar-refractivity contribution in [2.45, 2.75) is 20.3 Å². The average molecular weight is 244 g/mol. The number of esters is 1. The molecule has 0 aliphatic carbocycles. The van der Waals surface area contributed by atoms with E-state index in [-0.39, 0.29) is 0 Å². The summed E-state index contributed by atoms with van der Waals surface area (Å²) in [6.07, 6.45) is 2.19. The molecule has 0 spiro atoms. The number of methoxy groups -OCH3 is 1. The van der Waals surface area contributed by atoms with Crippen molar-refractivity contribution >= 4 is 5.97 Å². The lowest BCUT2D eigenvalue weighted by Gasteiger charge is -2.05. The van der Waals surface area contributed by atoms with E-state index in [4.69, 9.17) is 0 Å². The Morgan fingerprint density at radius 2 is 2.17 bits per heavy atom. The Kier molecular flexibility index (Phi) is 3.46. The molecular formula is C14H16N2O2. The van der Waals surface area contributed by atoms with Gasteiger partial charge in [-0.15, -0.1) is 0 Å². The van der Waals surface area contributed by atoms with Crippen molar-refractivity contribution in [1.82, 2.24) is 9.97 Å². The molecule has 4 heteroatoms. The van der Waals surface area contributed by atoms with Gasteiger partial charge in [0.1, 0.15) is 11.5 Å².